The molecule has 0 aliphatic heterocycles. The predicted octanol–water partition coefficient (Wildman–Crippen LogP) is 2.59. The van der Waals surface area contributed by atoms with Crippen LogP contribution < -0.4 is 5.11 Å². The average Bonchev–Trinajstić information content (AvgIpc) is 1.99. The van der Waals surface area contributed by atoms with E-state index in [2.05, 4.69) is 6.92 Å². The molecule has 0 aliphatic carbocycles. The highest BCUT2D eigenvalue weighted by Gasteiger charge is 2.20. The van der Waals surface area contributed by atoms with Crippen molar-refractivity contribution >= 4 is 40.8 Å². The molecule has 0 radical (unpaired) electrons. The minimum absolute atomic E-state index is 0.979. The molecule has 0 aromatic carbocycles. The number of rotatable bonds is 0. The number of carboxylic acid groups (broad SMARTS) is 1. The second kappa shape index (κ2) is 6.28. The van der Waals surface area contributed by atoms with Crippen molar-refractivity contribution in [2.45, 2.75) is 24.6 Å². The largest absolute Gasteiger partial charge is 0.545 e. The molecule has 1 aromatic heterocycles. The van der Waals surface area contributed by atoms with E-state index >= 15 is 0 Å². The molecule has 0 atom stereocenters. The fourth-order valence-electron chi connectivity index (χ4n) is 0.996. The van der Waals surface area contributed by atoms with Crippen molar-refractivity contribution in [3.05, 3.63) is 29.2 Å². The van der Waals surface area contributed by atoms with Crippen molar-refractivity contribution in [3.63, 3.8) is 0 Å². The highest BCUT2D eigenvalue weighted by atomic mass is 35.6. The van der Waals surface area contributed by atoms with Gasteiger partial charge in [-0.05, 0) is 12.5 Å². The quantitative estimate of drug-likeness (QED) is 0.544. The Hall–Kier alpha value is -0.510. The molecular formula is C10H11Cl3O3. The van der Waals surface area contributed by atoms with Gasteiger partial charge in [-0.3, -0.25) is 0 Å². The number of alkyl halides is 3. The number of hydrogen-bond donors (Lipinski definition) is 0. The molecule has 0 fully saturated rings. The molecule has 6 heteroatoms. The molecule has 16 heavy (non-hydrogen) atoms. The Morgan fingerprint density at radius 1 is 1.19 bits per heavy atom. The van der Waals surface area contributed by atoms with Crippen LogP contribution in [0.25, 0.3) is 0 Å². The fourth-order valence-corrected chi connectivity index (χ4v) is 0.996. The normalized spacial score (nSPS) is 10.4. The second-order valence-electron chi connectivity index (χ2n) is 3.14. The van der Waals surface area contributed by atoms with Gasteiger partial charge in [0, 0.05) is 12.1 Å². The minimum Gasteiger partial charge on any atom is -0.545 e. The van der Waals surface area contributed by atoms with Gasteiger partial charge in [-0.1, -0.05) is 34.8 Å². The van der Waals surface area contributed by atoms with Gasteiger partial charge in [-0.2, -0.15) is 0 Å². The van der Waals surface area contributed by atoms with Gasteiger partial charge >= 0.3 is 11.5 Å². The molecule has 0 saturated carbocycles. The summed E-state index contributed by atoms with van der Waals surface area (Å²) in [4.78, 5) is 9.51. The molecule has 1 rings (SSSR count). The lowest BCUT2D eigenvalue weighted by molar-refractivity contribution is -0.304. The monoisotopic (exact) mass is 284 g/mol. The average molecular weight is 286 g/mol. The van der Waals surface area contributed by atoms with Crippen LogP contribution in [0.4, 0.5) is 0 Å². The number of aliphatic carboxylic acids is 1. The molecule has 0 amide bonds. The van der Waals surface area contributed by atoms with Crippen LogP contribution in [0.5, 0.6) is 0 Å². The molecule has 1 aromatic rings. The first kappa shape index (κ1) is 15.5. The zero-order valence-electron chi connectivity index (χ0n) is 9.01. The van der Waals surface area contributed by atoms with Crippen LogP contribution in [0, 0.1) is 20.8 Å². The Morgan fingerprint density at radius 2 is 1.50 bits per heavy atom. The molecule has 1 heterocycles. The van der Waals surface area contributed by atoms with Crippen molar-refractivity contribution < 1.29 is 14.3 Å². The van der Waals surface area contributed by atoms with E-state index in [4.69, 9.17) is 39.2 Å². The highest BCUT2D eigenvalue weighted by Crippen LogP contribution is 2.24. The molecule has 0 saturated heterocycles. The van der Waals surface area contributed by atoms with Gasteiger partial charge in [0.15, 0.2) is 0 Å². The lowest BCUT2D eigenvalue weighted by Gasteiger charge is -2.09. The zero-order chi connectivity index (χ0) is 12.9. The van der Waals surface area contributed by atoms with Crippen LogP contribution >= 0.6 is 34.8 Å². The van der Waals surface area contributed by atoms with Crippen molar-refractivity contribution in [2.75, 3.05) is 0 Å². The Morgan fingerprint density at radius 3 is 1.69 bits per heavy atom. The first-order valence-electron chi connectivity index (χ1n) is 4.29. The van der Waals surface area contributed by atoms with Gasteiger partial charge in [-0.15, -0.1) is 0 Å². The maximum Gasteiger partial charge on any atom is 0.326 e. The summed E-state index contributed by atoms with van der Waals surface area (Å²) in [6.07, 6.45) is 0. The minimum atomic E-state index is -2.28. The lowest BCUT2D eigenvalue weighted by Crippen LogP contribution is -2.35. The van der Waals surface area contributed by atoms with Crippen LogP contribution in [0.3, 0.4) is 0 Å². The van der Waals surface area contributed by atoms with Crippen LogP contribution in [-0.2, 0) is 4.79 Å². The van der Waals surface area contributed by atoms with Crippen molar-refractivity contribution in [2.24, 2.45) is 0 Å². The van der Waals surface area contributed by atoms with Gasteiger partial charge in [0.2, 0.25) is 3.79 Å². The molecular weight excluding hydrogens is 274 g/mol. The van der Waals surface area contributed by atoms with E-state index in [-0.39, 0.29) is 0 Å². The Bertz CT molecular complexity index is 322. The SMILES string of the molecule is Cc1cc(C)[o+]c(C)c1.O=C([O-])C(Cl)(Cl)Cl. The summed E-state index contributed by atoms with van der Waals surface area (Å²) < 4.78 is 2.98. The van der Waals surface area contributed by atoms with Crippen LogP contribution in [0.2, 0.25) is 0 Å². The van der Waals surface area contributed by atoms with Gasteiger partial charge in [0.1, 0.15) is 0 Å². The third-order valence-corrected chi connectivity index (χ3v) is 1.88. The summed E-state index contributed by atoms with van der Waals surface area (Å²) in [5.74, 6) is 0.248. The van der Waals surface area contributed by atoms with Gasteiger partial charge in [0.05, 0.1) is 19.8 Å². The van der Waals surface area contributed by atoms with E-state index in [0.717, 1.165) is 11.5 Å². The van der Waals surface area contributed by atoms with Crippen molar-refractivity contribution in [3.8, 4) is 0 Å². The summed E-state index contributed by atoms with van der Waals surface area (Å²) in [7, 11) is 0. The smallest absolute Gasteiger partial charge is 0.326 e. The molecule has 0 N–H and O–H groups in total. The fraction of sp³-hybridized carbons (Fsp3) is 0.400. The number of halogens is 3. The summed E-state index contributed by atoms with van der Waals surface area (Å²) in [6, 6.07) is 4.04. The Labute approximate surface area is 109 Å². The van der Waals surface area contributed by atoms with Gasteiger partial charge in [0.25, 0.3) is 0 Å². The Kier molecular flexibility index (Phi) is 6.08. The molecule has 0 aliphatic rings. The second-order valence-corrected chi connectivity index (χ2v) is 5.42. The molecule has 0 bridgehead atoms. The van der Waals surface area contributed by atoms with E-state index in [1.165, 1.54) is 5.56 Å². The van der Waals surface area contributed by atoms with Crippen LogP contribution in [-0.4, -0.2) is 9.76 Å². The predicted molar refractivity (Wildman–Crippen MR) is 62.6 cm³/mol. The first-order valence-corrected chi connectivity index (χ1v) is 5.42. The van der Waals surface area contributed by atoms with E-state index in [1.807, 2.05) is 26.0 Å². The van der Waals surface area contributed by atoms with E-state index in [9.17, 15) is 9.90 Å². The maximum atomic E-state index is 9.51. The van der Waals surface area contributed by atoms with Crippen molar-refractivity contribution in [1.82, 2.24) is 0 Å². The maximum absolute atomic E-state index is 9.51. The third kappa shape index (κ3) is 6.88. The van der Waals surface area contributed by atoms with Gasteiger partial charge < -0.3 is 9.90 Å². The number of carbonyl (C=O) groups is 1. The molecule has 90 valence electrons. The molecule has 3 nitrogen and oxygen atoms in total. The summed E-state index contributed by atoms with van der Waals surface area (Å²) in [5, 5.41) is 9.51. The summed E-state index contributed by atoms with van der Waals surface area (Å²) in [6.45, 7) is 5.98. The molecule has 0 unspecified atom stereocenters. The highest BCUT2D eigenvalue weighted by molar-refractivity contribution is 6.75. The first-order chi connectivity index (χ1) is 7.12. The number of aryl methyl sites for hydroxylation is 3. The number of carboxylic acids is 1. The topological polar surface area (TPSA) is 51.4 Å². The third-order valence-electron chi connectivity index (χ3n) is 1.42. The molecule has 0 spiro atoms. The van der Waals surface area contributed by atoms with E-state index < -0.39 is 9.76 Å². The zero-order valence-corrected chi connectivity index (χ0v) is 11.3. The number of carbonyl (C=O) groups excluding carboxylic acids is 1. The Balaban J connectivity index is 0.000000293. The summed E-state index contributed by atoms with van der Waals surface area (Å²) >= 11 is 14.2. The van der Waals surface area contributed by atoms with Crippen LogP contribution in [0.15, 0.2) is 16.5 Å². The van der Waals surface area contributed by atoms with Gasteiger partial charge in [-0.25, -0.2) is 4.42 Å². The van der Waals surface area contributed by atoms with Crippen molar-refractivity contribution in [1.29, 1.82) is 0 Å². The summed E-state index contributed by atoms with van der Waals surface area (Å²) in [5.41, 5.74) is 1.26. The van der Waals surface area contributed by atoms with E-state index in [0.29, 0.717) is 0 Å². The van der Waals surface area contributed by atoms with Crippen LogP contribution in [0.1, 0.15) is 17.1 Å². The lowest BCUT2D eigenvalue weighted by atomic mass is 10.2. The van der Waals surface area contributed by atoms with E-state index in [1.54, 1.807) is 0 Å². The standard InChI is InChI=1S/C8H11O.C2HCl3O2/c1-6-4-7(2)9-8(3)5-6;3-2(4,5)1(6)7/h4-5H,1-3H3;(H,6,7)/q+1;/p-1. The number of hydrogen-bond acceptors (Lipinski definition) is 2.